The van der Waals surface area contributed by atoms with Crippen LogP contribution >= 0.6 is 0 Å². The van der Waals surface area contributed by atoms with Crippen molar-refractivity contribution in [2.75, 3.05) is 0 Å². The molecule has 0 saturated carbocycles. The molecule has 0 aromatic heterocycles. The van der Waals surface area contributed by atoms with Crippen molar-refractivity contribution in [1.82, 2.24) is 5.43 Å². The summed E-state index contributed by atoms with van der Waals surface area (Å²) in [5.41, 5.74) is 6.41. The third kappa shape index (κ3) is 6.88. The van der Waals surface area contributed by atoms with Crippen LogP contribution in [-0.4, -0.2) is 5.71 Å². The molecule has 0 amide bonds. The summed E-state index contributed by atoms with van der Waals surface area (Å²) in [7, 11) is 0. The van der Waals surface area contributed by atoms with Crippen molar-refractivity contribution in [2.24, 2.45) is 5.10 Å². The number of benzene rings is 1. The highest BCUT2D eigenvalue weighted by atomic mass is 19.1. The first-order valence-electron chi connectivity index (χ1n) is 7.60. The fourth-order valence-corrected chi connectivity index (χ4v) is 1.79. The Morgan fingerprint density at radius 1 is 1.12 bits per heavy atom. The number of allylic oxidation sites excluding steroid dienone is 9. The van der Waals surface area contributed by atoms with Crippen LogP contribution in [0.5, 0.6) is 0 Å². The van der Waals surface area contributed by atoms with Gasteiger partial charge in [-0.2, -0.15) is 5.10 Å². The van der Waals surface area contributed by atoms with Gasteiger partial charge in [-0.3, -0.25) is 5.43 Å². The summed E-state index contributed by atoms with van der Waals surface area (Å²) in [6, 6.07) is 6.42. The number of nitrogens with zero attached hydrogens (tertiary/aromatic N) is 1. The molecule has 1 aromatic rings. The fourth-order valence-electron chi connectivity index (χ4n) is 1.79. The molecule has 0 radical (unpaired) electrons. The Kier molecular flexibility index (Phi) is 8.54. The first-order valence-corrected chi connectivity index (χ1v) is 7.60. The van der Waals surface area contributed by atoms with Gasteiger partial charge in [0.25, 0.3) is 0 Å². The van der Waals surface area contributed by atoms with Crippen molar-refractivity contribution in [3.8, 4) is 0 Å². The molecule has 1 aromatic carbocycles. The monoisotopic (exact) mass is 322 g/mol. The minimum atomic E-state index is -0.272. The third-order valence-electron chi connectivity index (χ3n) is 3.19. The van der Waals surface area contributed by atoms with E-state index in [2.05, 4.69) is 23.7 Å². The van der Waals surface area contributed by atoms with Crippen LogP contribution in [0, 0.1) is 5.82 Å². The summed E-state index contributed by atoms with van der Waals surface area (Å²) < 4.78 is 13.3. The highest BCUT2D eigenvalue weighted by Crippen LogP contribution is 2.16. The van der Waals surface area contributed by atoms with Crippen LogP contribution in [0.4, 0.5) is 4.39 Å². The Bertz CT molecular complexity index is 719. The summed E-state index contributed by atoms with van der Waals surface area (Å²) in [6.07, 6.45) is 14.5. The first kappa shape index (κ1) is 19.1. The molecule has 1 rings (SSSR count). The molecular weight excluding hydrogens is 299 g/mol. The molecule has 0 fully saturated rings. The first-order chi connectivity index (χ1) is 11.6. The predicted molar refractivity (Wildman–Crippen MR) is 103 cm³/mol. The minimum Gasteiger partial charge on any atom is -0.286 e. The van der Waals surface area contributed by atoms with E-state index in [0.717, 1.165) is 22.4 Å². The Morgan fingerprint density at radius 2 is 1.92 bits per heavy atom. The van der Waals surface area contributed by atoms with Gasteiger partial charge in [0, 0.05) is 6.20 Å². The van der Waals surface area contributed by atoms with Crippen LogP contribution < -0.4 is 5.43 Å². The van der Waals surface area contributed by atoms with E-state index in [1.54, 1.807) is 24.4 Å². The molecule has 0 saturated heterocycles. The number of halogens is 1. The molecule has 124 valence electrons. The van der Waals surface area contributed by atoms with Crippen molar-refractivity contribution >= 4 is 11.3 Å². The van der Waals surface area contributed by atoms with Crippen molar-refractivity contribution < 1.29 is 4.39 Å². The Labute approximate surface area is 143 Å². The summed E-state index contributed by atoms with van der Waals surface area (Å²) in [4.78, 5) is 0. The number of hydrogen-bond donors (Lipinski definition) is 1. The van der Waals surface area contributed by atoms with Crippen molar-refractivity contribution in [3.05, 3.63) is 103 Å². The maximum Gasteiger partial charge on any atom is 0.123 e. The van der Waals surface area contributed by atoms with Crippen molar-refractivity contribution in [3.63, 3.8) is 0 Å². The standard InChI is InChI=1S/C21H23FN2/c1-5-7-8-11-17(3)18(4)24-23-15-14-19(10-6-2)20-12-9-13-21(22)16-20/h5-16,23H,1-2H2,3-4H3/b8-7-,15-14-,17-11+,19-10+,24-18+. The molecule has 3 heteroatoms. The normalized spacial score (nSPS) is 13.5. The van der Waals surface area contributed by atoms with E-state index in [1.807, 2.05) is 50.3 Å². The molecular formula is C21H23FN2. The van der Waals surface area contributed by atoms with Gasteiger partial charge in [-0.05, 0) is 48.8 Å². The highest BCUT2D eigenvalue weighted by molar-refractivity contribution is 5.97. The third-order valence-corrected chi connectivity index (χ3v) is 3.19. The topological polar surface area (TPSA) is 24.4 Å². The van der Waals surface area contributed by atoms with E-state index in [-0.39, 0.29) is 5.82 Å². The summed E-state index contributed by atoms with van der Waals surface area (Å²) in [5, 5.41) is 4.27. The largest absolute Gasteiger partial charge is 0.286 e. The van der Waals surface area contributed by atoms with E-state index in [1.165, 1.54) is 12.1 Å². The zero-order valence-electron chi connectivity index (χ0n) is 14.2. The smallest absolute Gasteiger partial charge is 0.123 e. The van der Waals surface area contributed by atoms with E-state index >= 15 is 0 Å². The maximum absolute atomic E-state index is 13.3. The molecule has 0 aliphatic carbocycles. The minimum absolute atomic E-state index is 0.272. The van der Waals surface area contributed by atoms with Gasteiger partial charge in [0.15, 0.2) is 0 Å². The molecule has 2 nitrogen and oxygen atoms in total. The molecule has 1 N–H and O–H groups in total. The fraction of sp³-hybridized carbons (Fsp3) is 0.0952. The Balaban J connectivity index is 2.79. The Hall–Kier alpha value is -2.94. The van der Waals surface area contributed by atoms with Gasteiger partial charge in [-0.25, -0.2) is 4.39 Å². The number of nitrogens with one attached hydrogen (secondary N) is 1. The molecule has 0 spiro atoms. The average molecular weight is 322 g/mol. The van der Waals surface area contributed by atoms with Gasteiger partial charge in [0.2, 0.25) is 0 Å². The van der Waals surface area contributed by atoms with Crippen molar-refractivity contribution in [2.45, 2.75) is 13.8 Å². The van der Waals surface area contributed by atoms with Gasteiger partial charge >= 0.3 is 0 Å². The summed E-state index contributed by atoms with van der Waals surface area (Å²) in [6.45, 7) is 11.2. The number of hydrazone groups is 1. The van der Waals surface area contributed by atoms with E-state index in [9.17, 15) is 4.39 Å². The molecule has 0 aliphatic rings. The zero-order chi connectivity index (χ0) is 17.8. The molecule has 0 atom stereocenters. The number of rotatable bonds is 8. The lowest BCUT2D eigenvalue weighted by molar-refractivity contribution is 0.627. The SMILES string of the molecule is C=C\C=C/C=C(C)/C(C)=N/N/C=C\C(=C/C=C)c1cccc(F)c1. The van der Waals surface area contributed by atoms with E-state index in [0.29, 0.717) is 0 Å². The van der Waals surface area contributed by atoms with Gasteiger partial charge in [0.05, 0.1) is 5.71 Å². The molecule has 0 aliphatic heterocycles. The quantitative estimate of drug-likeness (QED) is 0.378. The van der Waals surface area contributed by atoms with Crippen molar-refractivity contribution in [1.29, 1.82) is 0 Å². The number of hydrogen-bond acceptors (Lipinski definition) is 2. The predicted octanol–water partition coefficient (Wildman–Crippen LogP) is 5.56. The Morgan fingerprint density at radius 3 is 2.58 bits per heavy atom. The van der Waals surface area contributed by atoms with Gasteiger partial charge in [0.1, 0.15) is 5.82 Å². The lowest BCUT2D eigenvalue weighted by Gasteiger charge is -2.03. The second kappa shape index (κ2) is 10.7. The summed E-state index contributed by atoms with van der Waals surface area (Å²) in [5.74, 6) is -0.272. The molecule has 0 bridgehead atoms. The van der Waals surface area contributed by atoms with Gasteiger partial charge < -0.3 is 0 Å². The summed E-state index contributed by atoms with van der Waals surface area (Å²) >= 11 is 0. The van der Waals surface area contributed by atoms with Crippen LogP contribution in [-0.2, 0) is 0 Å². The van der Waals surface area contributed by atoms with Gasteiger partial charge in [-0.1, -0.05) is 61.7 Å². The molecule has 24 heavy (non-hydrogen) atoms. The van der Waals surface area contributed by atoms with E-state index < -0.39 is 0 Å². The lowest BCUT2D eigenvalue weighted by Crippen LogP contribution is -2.02. The lowest BCUT2D eigenvalue weighted by atomic mass is 10.1. The van der Waals surface area contributed by atoms with Crippen LogP contribution in [0.25, 0.3) is 5.57 Å². The van der Waals surface area contributed by atoms with Crippen LogP contribution in [0.15, 0.2) is 96.8 Å². The van der Waals surface area contributed by atoms with Crippen LogP contribution in [0.3, 0.4) is 0 Å². The van der Waals surface area contributed by atoms with Crippen LogP contribution in [0.2, 0.25) is 0 Å². The average Bonchev–Trinajstić information content (AvgIpc) is 2.57. The molecule has 0 unspecified atom stereocenters. The van der Waals surface area contributed by atoms with Gasteiger partial charge in [-0.15, -0.1) is 0 Å². The van der Waals surface area contributed by atoms with Crippen LogP contribution in [0.1, 0.15) is 19.4 Å². The highest BCUT2D eigenvalue weighted by Gasteiger charge is 1.98. The molecule has 0 heterocycles. The maximum atomic E-state index is 13.3. The second-order valence-electron chi connectivity index (χ2n) is 5.00. The zero-order valence-corrected chi connectivity index (χ0v) is 14.2. The van der Waals surface area contributed by atoms with E-state index in [4.69, 9.17) is 0 Å². The second-order valence-corrected chi connectivity index (χ2v) is 5.00.